The molecule has 0 unspecified atom stereocenters. The fraction of sp³-hybridized carbons (Fsp3) is 0.722. The molecule has 0 radical (unpaired) electrons. The number of hydrogen-bond acceptors (Lipinski definition) is 2. The molecule has 3 fully saturated rings. The van der Waals surface area contributed by atoms with Crippen LogP contribution in [0.5, 0.6) is 0 Å². The summed E-state index contributed by atoms with van der Waals surface area (Å²) in [5, 5.41) is 0. The smallest absolute Gasteiger partial charge is 0.282 e. The van der Waals surface area contributed by atoms with Crippen molar-refractivity contribution in [2.24, 2.45) is 52.3 Å². The molecule has 9 atom stereocenters. The summed E-state index contributed by atoms with van der Waals surface area (Å²) >= 11 is 0. The first-order valence-electron chi connectivity index (χ1n) is 16.3. The normalized spacial score (nSPS) is 37.5. The third-order valence-corrected chi connectivity index (χ3v) is 13.6. The topological polar surface area (TPSA) is 54.4 Å². The molecule has 0 saturated heterocycles. The van der Waals surface area contributed by atoms with Crippen molar-refractivity contribution in [1.82, 2.24) is 0 Å². The fourth-order valence-corrected chi connectivity index (χ4v) is 11.1. The minimum Gasteiger partial charge on any atom is -0.282 e. The molecule has 1 N–H and O–H groups in total. The van der Waals surface area contributed by atoms with E-state index in [1.54, 1.807) is 17.7 Å². The maximum absolute atomic E-state index is 12.2. The van der Waals surface area contributed by atoms with E-state index in [-0.39, 0.29) is 16.2 Å². The maximum atomic E-state index is 12.2. The molecule has 40 heavy (non-hydrogen) atoms. The minimum absolute atomic E-state index is 0.105. The van der Waals surface area contributed by atoms with Gasteiger partial charge in [0.1, 0.15) is 0 Å². The van der Waals surface area contributed by atoms with Gasteiger partial charge >= 0.3 is 0 Å². The molecule has 3 saturated carbocycles. The number of allylic oxidation sites excluding steroid dienone is 4. The average molecular weight is 567 g/mol. The Kier molecular flexibility index (Phi) is 8.29. The van der Waals surface area contributed by atoms with E-state index < -0.39 is 10.1 Å². The van der Waals surface area contributed by atoms with Crippen molar-refractivity contribution >= 4 is 10.1 Å². The molecule has 0 heterocycles. The number of rotatable bonds is 7. The van der Waals surface area contributed by atoms with Crippen LogP contribution in [0.4, 0.5) is 0 Å². The predicted octanol–water partition coefficient (Wildman–Crippen LogP) is 9.78. The Bertz CT molecular complexity index is 1260. The molecule has 1 aromatic carbocycles. The SMILES string of the molecule is CC[C@H](/C=C/[C@@H](C)[C@H]1CC[C@H]2[C@@H]3CC=C4C[C@@H](c5cc(C)ccc5S(=O)(=O)O)CC[C@]4(C)[C@H]3CC[C@]12C)C(C)C. The average Bonchev–Trinajstić information content (AvgIpc) is 3.25. The van der Waals surface area contributed by atoms with Crippen molar-refractivity contribution in [3.05, 3.63) is 53.1 Å². The number of benzene rings is 1. The van der Waals surface area contributed by atoms with Crippen LogP contribution in [0.2, 0.25) is 0 Å². The van der Waals surface area contributed by atoms with Crippen LogP contribution in [0.15, 0.2) is 46.9 Å². The molecular weight excluding hydrogens is 512 g/mol. The van der Waals surface area contributed by atoms with Crippen LogP contribution in [-0.4, -0.2) is 13.0 Å². The highest BCUT2D eigenvalue weighted by Crippen LogP contribution is 2.68. The van der Waals surface area contributed by atoms with Gasteiger partial charge in [0, 0.05) is 0 Å². The predicted molar refractivity (Wildman–Crippen MR) is 166 cm³/mol. The van der Waals surface area contributed by atoms with Crippen molar-refractivity contribution < 1.29 is 13.0 Å². The van der Waals surface area contributed by atoms with Gasteiger partial charge in [0.05, 0.1) is 4.90 Å². The number of hydrogen-bond donors (Lipinski definition) is 1. The molecule has 4 heteroatoms. The van der Waals surface area contributed by atoms with E-state index in [2.05, 4.69) is 59.8 Å². The van der Waals surface area contributed by atoms with Gasteiger partial charge in [-0.2, -0.15) is 8.42 Å². The van der Waals surface area contributed by atoms with Gasteiger partial charge in [-0.25, -0.2) is 0 Å². The number of aryl methyl sites for hydroxylation is 1. The van der Waals surface area contributed by atoms with Crippen LogP contribution in [-0.2, 0) is 10.1 Å². The molecule has 0 aromatic heterocycles. The highest BCUT2D eigenvalue weighted by Gasteiger charge is 2.59. The first-order valence-corrected chi connectivity index (χ1v) is 17.7. The summed E-state index contributed by atoms with van der Waals surface area (Å²) in [5.74, 6) is 5.31. The van der Waals surface area contributed by atoms with Gasteiger partial charge in [0.15, 0.2) is 0 Å². The monoisotopic (exact) mass is 566 g/mol. The molecule has 222 valence electrons. The Hall–Kier alpha value is -1.39. The Labute approximate surface area is 245 Å². The standard InChI is InChI=1S/C36H54O3S/c1-8-26(23(2)3)11-10-25(5)31-14-15-32-29-13-12-28-22-27(30-21-24(4)9-16-34(30)40(37,38)39)17-19-35(28,6)33(29)18-20-36(31,32)7/h9-12,16,21,23,25-27,29,31-33H,8,13-15,17-20,22H2,1-7H3,(H,37,38,39)/b11-10+/t25-,26-,27+,29+,31-,32+,33+,35+,36-/m1/s1. The summed E-state index contributed by atoms with van der Waals surface area (Å²) < 4.78 is 34.4. The second kappa shape index (κ2) is 11.0. The van der Waals surface area contributed by atoms with Crippen molar-refractivity contribution in [1.29, 1.82) is 0 Å². The van der Waals surface area contributed by atoms with Gasteiger partial charge in [-0.15, -0.1) is 0 Å². The van der Waals surface area contributed by atoms with E-state index >= 15 is 0 Å². The van der Waals surface area contributed by atoms with Gasteiger partial charge in [-0.3, -0.25) is 4.55 Å². The summed E-state index contributed by atoms with van der Waals surface area (Å²) in [5.41, 5.74) is 4.08. The van der Waals surface area contributed by atoms with Gasteiger partial charge in [0.2, 0.25) is 0 Å². The van der Waals surface area contributed by atoms with Gasteiger partial charge in [0.25, 0.3) is 10.1 Å². The fourth-order valence-electron chi connectivity index (χ4n) is 10.3. The second-order valence-electron chi connectivity index (χ2n) is 15.0. The number of fused-ring (bicyclic) bond motifs is 5. The highest BCUT2D eigenvalue weighted by molar-refractivity contribution is 7.85. The lowest BCUT2D eigenvalue weighted by molar-refractivity contribution is -0.0473. The summed E-state index contributed by atoms with van der Waals surface area (Å²) in [6.45, 7) is 16.7. The quantitative estimate of drug-likeness (QED) is 0.264. The first kappa shape index (κ1) is 30.1. The Morgan fingerprint density at radius 2 is 1.77 bits per heavy atom. The molecule has 0 aliphatic heterocycles. The Balaban J connectivity index is 1.36. The van der Waals surface area contributed by atoms with E-state index in [0.29, 0.717) is 23.2 Å². The van der Waals surface area contributed by atoms with E-state index in [9.17, 15) is 13.0 Å². The summed E-state index contributed by atoms with van der Waals surface area (Å²) in [4.78, 5) is 0.105. The lowest BCUT2D eigenvalue weighted by Crippen LogP contribution is -2.50. The van der Waals surface area contributed by atoms with Crippen LogP contribution in [0.1, 0.15) is 116 Å². The van der Waals surface area contributed by atoms with E-state index in [4.69, 9.17) is 0 Å². The first-order chi connectivity index (χ1) is 18.8. The second-order valence-corrected chi connectivity index (χ2v) is 16.4. The highest BCUT2D eigenvalue weighted by atomic mass is 32.2. The lowest BCUT2D eigenvalue weighted by Gasteiger charge is -2.58. The minimum atomic E-state index is -4.23. The third kappa shape index (κ3) is 5.19. The molecule has 0 amide bonds. The lowest BCUT2D eigenvalue weighted by atomic mass is 9.46. The molecular formula is C36H54O3S. The van der Waals surface area contributed by atoms with Gasteiger partial charge in [-0.05, 0) is 135 Å². The van der Waals surface area contributed by atoms with E-state index in [0.717, 1.165) is 54.1 Å². The summed E-state index contributed by atoms with van der Waals surface area (Å²) in [7, 11) is -4.23. The van der Waals surface area contributed by atoms with Gasteiger partial charge < -0.3 is 0 Å². The zero-order valence-corrected chi connectivity index (χ0v) is 26.9. The zero-order valence-electron chi connectivity index (χ0n) is 26.1. The van der Waals surface area contributed by atoms with Crippen molar-refractivity contribution in [2.75, 3.05) is 0 Å². The Morgan fingerprint density at radius 1 is 1.02 bits per heavy atom. The van der Waals surface area contributed by atoms with Crippen LogP contribution in [0.3, 0.4) is 0 Å². The molecule has 5 rings (SSSR count). The van der Waals surface area contributed by atoms with Gasteiger partial charge in [-0.1, -0.05) is 83.0 Å². The molecule has 3 nitrogen and oxygen atoms in total. The van der Waals surface area contributed by atoms with Crippen LogP contribution >= 0.6 is 0 Å². The van der Waals surface area contributed by atoms with Crippen molar-refractivity contribution in [3.8, 4) is 0 Å². The molecule has 4 aliphatic carbocycles. The molecule has 0 bridgehead atoms. The van der Waals surface area contributed by atoms with Crippen molar-refractivity contribution in [2.45, 2.75) is 117 Å². The third-order valence-electron chi connectivity index (χ3n) is 12.7. The Morgan fingerprint density at radius 3 is 2.45 bits per heavy atom. The molecule has 0 spiro atoms. The van der Waals surface area contributed by atoms with Crippen molar-refractivity contribution in [3.63, 3.8) is 0 Å². The van der Waals surface area contributed by atoms with Crippen LogP contribution < -0.4 is 0 Å². The summed E-state index contributed by atoms with van der Waals surface area (Å²) in [6.07, 6.45) is 18.6. The van der Waals surface area contributed by atoms with E-state index in [1.807, 2.05) is 13.0 Å². The van der Waals surface area contributed by atoms with Crippen LogP contribution in [0.25, 0.3) is 0 Å². The largest absolute Gasteiger partial charge is 0.294 e. The van der Waals surface area contributed by atoms with Crippen LogP contribution in [0, 0.1) is 59.2 Å². The zero-order chi connectivity index (χ0) is 29.0. The molecule has 1 aromatic rings. The summed E-state index contributed by atoms with van der Waals surface area (Å²) in [6, 6.07) is 5.38. The van der Waals surface area contributed by atoms with E-state index in [1.165, 1.54) is 38.5 Å². The maximum Gasteiger partial charge on any atom is 0.294 e. The molecule has 4 aliphatic rings.